The SMILES string of the molecule is COc1ccc(-c2nc(N=Cc3ccc(O)c(OC)c3)sc2-c2ccc([N+](=O)[O-])cc2)cc1. The Morgan fingerprint density at radius 2 is 1.70 bits per heavy atom. The normalized spacial score (nSPS) is 11.0. The minimum Gasteiger partial charge on any atom is -0.504 e. The second kappa shape index (κ2) is 9.49. The van der Waals surface area contributed by atoms with E-state index in [4.69, 9.17) is 14.5 Å². The van der Waals surface area contributed by atoms with Gasteiger partial charge in [0, 0.05) is 23.9 Å². The van der Waals surface area contributed by atoms with Crippen molar-refractivity contribution in [2.45, 2.75) is 0 Å². The van der Waals surface area contributed by atoms with Crippen LogP contribution in [0.3, 0.4) is 0 Å². The van der Waals surface area contributed by atoms with Gasteiger partial charge in [-0.1, -0.05) is 11.3 Å². The Morgan fingerprint density at radius 3 is 2.33 bits per heavy atom. The van der Waals surface area contributed by atoms with E-state index in [1.54, 1.807) is 37.6 Å². The van der Waals surface area contributed by atoms with Gasteiger partial charge >= 0.3 is 0 Å². The highest BCUT2D eigenvalue weighted by atomic mass is 32.1. The number of phenols is 1. The molecule has 1 N–H and O–H groups in total. The molecule has 4 aromatic rings. The Hall–Kier alpha value is -4.24. The van der Waals surface area contributed by atoms with E-state index in [1.807, 2.05) is 24.3 Å². The van der Waals surface area contributed by atoms with Crippen LogP contribution in [-0.4, -0.2) is 35.4 Å². The molecule has 4 rings (SSSR count). The number of thiazole rings is 1. The van der Waals surface area contributed by atoms with Crippen LogP contribution in [0.2, 0.25) is 0 Å². The molecule has 0 saturated heterocycles. The second-order valence-corrected chi connectivity index (χ2v) is 7.87. The Kier molecular flexibility index (Phi) is 6.32. The van der Waals surface area contributed by atoms with E-state index in [0.29, 0.717) is 16.6 Å². The molecule has 0 aliphatic heterocycles. The van der Waals surface area contributed by atoms with E-state index in [1.165, 1.54) is 36.6 Å². The number of phenolic OH excluding ortho intramolecular Hbond substituents is 1. The standard InChI is InChI=1S/C24H19N3O5S/c1-31-19-10-6-16(7-11-19)22-23(17-4-8-18(9-5-17)27(29)30)33-24(26-22)25-14-15-3-12-20(28)21(13-15)32-2/h3-14,28H,1-2H3. The number of nitrogens with zero attached hydrogens (tertiary/aromatic N) is 3. The maximum Gasteiger partial charge on any atom is 0.269 e. The summed E-state index contributed by atoms with van der Waals surface area (Å²) in [5.41, 5.74) is 3.15. The molecule has 0 aliphatic rings. The molecule has 0 fully saturated rings. The number of aromatic hydroxyl groups is 1. The van der Waals surface area contributed by atoms with Gasteiger partial charge in [0.2, 0.25) is 5.13 Å². The number of methoxy groups -OCH3 is 2. The molecule has 0 aliphatic carbocycles. The Labute approximate surface area is 193 Å². The van der Waals surface area contributed by atoms with Crippen LogP contribution in [-0.2, 0) is 0 Å². The molecule has 0 spiro atoms. The van der Waals surface area contributed by atoms with Crippen molar-refractivity contribution in [2.24, 2.45) is 4.99 Å². The highest BCUT2D eigenvalue weighted by Crippen LogP contribution is 2.41. The maximum atomic E-state index is 11.0. The van der Waals surface area contributed by atoms with Crippen molar-refractivity contribution >= 4 is 28.4 Å². The first-order valence-electron chi connectivity index (χ1n) is 9.79. The zero-order valence-corrected chi connectivity index (χ0v) is 18.6. The summed E-state index contributed by atoms with van der Waals surface area (Å²) in [6, 6.07) is 18.8. The largest absolute Gasteiger partial charge is 0.504 e. The molecule has 0 amide bonds. The zero-order valence-electron chi connectivity index (χ0n) is 17.8. The van der Waals surface area contributed by atoms with Gasteiger partial charge in [-0.2, -0.15) is 0 Å². The number of benzene rings is 3. The number of non-ortho nitro benzene ring substituents is 1. The summed E-state index contributed by atoms with van der Waals surface area (Å²) < 4.78 is 10.4. The molecule has 8 nitrogen and oxygen atoms in total. The number of hydrogen-bond acceptors (Lipinski definition) is 8. The van der Waals surface area contributed by atoms with Crippen molar-refractivity contribution in [1.82, 2.24) is 4.98 Å². The maximum absolute atomic E-state index is 11.0. The van der Waals surface area contributed by atoms with Crippen molar-refractivity contribution in [3.05, 3.63) is 82.4 Å². The molecule has 0 bridgehead atoms. The monoisotopic (exact) mass is 461 g/mol. The van der Waals surface area contributed by atoms with E-state index < -0.39 is 4.92 Å². The number of aliphatic imine (C=N–C) groups is 1. The Balaban J connectivity index is 1.75. The zero-order chi connectivity index (χ0) is 23.4. The lowest BCUT2D eigenvalue weighted by Crippen LogP contribution is -1.88. The van der Waals surface area contributed by atoms with Crippen molar-refractivity contribution in [1.29, 1.82) is 0 Å². The summed E-state index contributed by atoms with van der Waals surface area (Å²) in [6.45, 7) is 0. The Morgan fingerprint density at radius 1 is 1.00 bits per heavy atom. The van der Waals surface area contributed by atoms with E-state index in [9.17, 15) is 15.2 Å². The van der Waals surface area contributed by atoms with Crippen molar-refractivity contribution in [3.8, 4) is 38.9 Å². The third-order valence-electron chi connectivity index (χ3n) is 4.85. The van der Waals surface area contributed by atoms with Gasteiger partial charge in [0.25, 0.3) is 5.69 Å². The van der Waals surface area contributed by atoms with Crippen molar-refractivity contribution < 1.29 is 19.5 Å². The lowest BCUT2D eigenvalue weighted by molar-refractivity contribution is -0.384. The van der Waals surface area contributed by atoms with E-state index in [-0.39, 0.29) is 11.4 Å². The van der Waals surface area contributed by atoms with E-state index >= 15 is 0 Å². The van der Waals surface area contributed by atoms with Gasteiger partial charge < -0.3 is 14.6 Å². The molecule has 33 heavy (non-hydrogen) atoms. The van der Waals surface area contributed by atoms with Gasteiger partial charge in [-0.3, -0.25) is 10.1 Å². The van der Waals surface area contributed by atoms with Crippen LogP contribution in [0.25, 0.3) is 21.7 Å². The fourth-order valence-electron chi connectivity index (χ4n) is 3.14. The van der Waals surface area contributed by atoms with Crippen LogP contribution in [0.5, 0.6) is 17.2 Å². The number of rotatable bonds is 7. The molecule has 0 atom stereocenters. The highest BCUT2D eigenvalue weighted by Gasteiger charge is 2.16. The number of ether oxygens (including phenoxy) is 2. The van der Waals surface area contributed by atoms with Crippen LogP contribution < -0.4 is 9.47 Å². The van der Waals surface area contributed by atoms with Gasteiger partial charge in [-0.15, -0.1) is 0 Å². The summed E-state index contributed by atoms with van der Waals surface area (Å²) in [7, 11) is 3.08. The number of aromatic nitrogens is 1. The van der Waals surface area contributed by atoms with Crippen LogP contribution in [0, 0.1) is 10.1 Å². The van der Waals surface area contributed by atoms with Gasteiger partial charge in [0.1, 0.15) is 5.75 Å². The van der Waals surface area contributed by atoms with Gasteiger partial charge in [-0.05, 0) is 65.7 Å². The molecule has 166 valence electrons. The van der Waals surface area contributed by atoms with Gasteiger partial charge in [0.05, 0.1) is 29.7 Å². The topological polar surface area (TPSA) is 107 Å². The van der Waals surface area contributed by atoms with Gasteiger partial charge in [0.15, 0.2) is 11.5 Å². The van der Waals surface area contributed by atoms with E-state index in [2.05, 4.69) is 4.99 Å². The molecular weight excluding hydrogens is 442 g/mol. The smallest absolute Gasteiger partial charge is 0.269 e. The van der Waals surface area contributed by atoms with Gasteiger partial charge in [-0.25, -0.2) is 9.98 Å². The first-order valence-corrected chi connectivity index (χ1v) is 10.6. The average molecular weight is 461 g/mol. The van der Waals surface area contributed by atoms with Crippen LogP contribution >= 0.6 is 11.3 Å². The van der Waals surface area contributed by atoms with Crippen LogP contribution in [0.1, 0.15) is 5.56 Å². The predicted octanol–water partition coefficient (Wildman–Crippen LogP) is 5.86. The molecule has 0 saturated carbocycles. The number of hydrogen-bond donors (Lipinski definition) is 1. The minimum absolute atomic E-state index is 0.0220. The molecule has 1 aromatic heterocycles. The quantitative estimate of drug-likeness (QED) is 0.210. The summed E-state index contributed by atoms with van der Waals surface area (Å²) >= 11 is 1.37. The predicted molar refractivity (Wildman–Crippen MR) is 128 cm³/mol. The van der Waals surface area contributed by atoms with E-state index in [0.717, 1.165) is 27.3 Å². The first kappa shape index (κ1) is 22.0. The van der Waals surface area contributed by atoms with Crippen molar-refractivity contribution in [3.63, 3.8) is 0 Å². The summed E-state index contributed by atoms with van der Waals surface area (Å²) in [5.74, 6) is 1.13. The average Bonchev–Trinajstić information content (AvgIpc) is 3.28. The van der Waals surface area contributed by atoms with Crippen LogP contribution in [0.15, 0.2) is 71.7 Å². The van der Waals surface area contributed by atoms with Crippen LogP contribution in [0.4, 0.5) is 10.8 Å². The molecule has 9 heteroatoms. The molecule has 3 aromatic carbocycles. The minimum atomic E-state index is -0.428. The summed E-state index contributed by atoms with van der Waals surface area (Å²) in [6.07, 6.45) is 1.64. The molecule has 0 unspecified atom stereocenters. The molecular formula is C24H19N3O5S. The molecule has 0 radical (unpaired) electrons. The fourth-order valence-corrected chi connectivity index (χ4v) is 4.08. The fraction of sp³-hybridized carbons (Fsp3) is 0.0833. The Bertz CT molecular complexity index is 1320. The molecule has 1 heterocycles. The lowest BCUT2D eigenvalue weighted by Gasteiger charge is -2.04. The van der Waals surface area contributed by atoms with Crippen molar-refractivity contribution in [2.75, 3.05) is 14.2 Å². The summed E-state index contributed by atoms with van der Waals surface area (Å²) in [5, 5.41) is 21.3. The summed E-state index contributed by atoms with van der Waals surface area (Å²) in [4.78, 5) is 20.7. The second-order valence-electron chi connectivity index (χ2n) is 6.90. The first-order chi connectivity index (χ1) is 16.0. The highest BCUT2D eigenvalue weighted by molar-refractivity contribution is 7.19. The third kappa shape index (κ3) is 4.83. The third-order valence-corrected chi connectivity index (χ3v) is 5.86. The number of nitro benzene ring substituents is 1. The number of nitro groups is 1. The lowest BCUT2D eigenvalue weighted by atomic mass is 10.1.